The quantitative estimate of drug-likeness (QED) is 0.771. The molecule has 0 bridgehead atoms. The average molecular weight is 327 g/mol. The maximum absolute atomic E-state index is 12.5. The average Bonchev–Trinajstić information content (AvgIpc) is 2.29. The van der Waals surface area contributed by atoms with E-state index in [1.807, 2.05) is 18.2 Å². The molecular formula is C14H15BrO2S. The largest absolute Gasteiger partial charge is 0.299 e. The lowest BCUT2D eigenvalue weighted by molar-refractivity contribution is -0.119. The first kappa shape index (κ1) is 13.8. The molecule has 0 saturated carbocycles. The molecule has 0 spiro atoms. The van der Waals surface area contributed by atoms with Gasteiger partial charge in [0, 0.05) is 20.2 Å². The smallest absolute Gasteiger partial charge is 0.175 e. The molecule has 0 aromatic heterocycles. The summed E-state index contributed by atoms with van der Waals surface area (Å²) in [6, 6.07) is 5.58. The van der Waals surface area contributed by atoms with Gasteiger partial charge in [-0.3, -0.25) is 9.59 Å². The predicted molar refractivity (Wildman–Crippen MR) is 77.1 cm³/mol. The van der Waals surface area contributed by atoms with Gasteiger partial charge < -0.3 is 0 Å². The number of fused-ring (bicyclic) bond motifs is 1. The van der Waals surface area contributed by atoms with E-state index in [1.54, 1.807) is 11.8 Å². The minimum absolute atomic E-state index is 0.0289. The molecule has 1 heterocycles. The van der Waals surface area contributed by atoms with Gasteiger partial charge >= 0.3 is 0 Å². The summed E-state index contributed by atoms with van der Waals surface area (Å²) in [5, 5.41) is 0.0289. The van der Waals surface area contributed by atoms with Gasteiger partial charge in [0.25, 0.3) is 0 Å². The molecule has 0 saturated heterocycles. The van der Waals surface area contributed by atoms with E-state index in [4.69, 9.17) is 0 Å². The molecule has 18 heavy (non-hydrogen) atoms. The summed E-state index contributed by atoms with van der Waals surface area (Å²) in [7, 11) is 0. The van der Waals surface area contributed by atoms with Crippen molar-refractivity contribution in [3.05, 3.63) is 28.2 Å². The summed E-state index contributed by atoms with van der Waals surface area (Å²) in [5.74, 6) is -0.280. The molecule has 96 valence electrons. The van der Waals surface area contributed by atoms with Gasteiger partial charge in [-0.25, -0.2) is 0 Å². The van der Waals surface area contributed by atoms with Crippen molar-refractivity contribution in [2.45, 2.75) is 30.9 Å². The third kappa shape index (κ3) is 2.28. The molecule has 2 rings (SSSR count). The van der Waals surface area contributed by atoms with Crippen LogP contribution in [0.15, 0.2) is 27.6 Å². The van der Waals surface area contributed by atoms with E-state index >= 15 is 0 Å². The van der Waals surface area contributed by atoms with Crippen LogP contribution in [0.1, 0.15) is 31.1 Å². The molecule has 0 amide bonds. The number of rotatable bonds is 2. The summed E-state index contributed by atoms with van der Waals surface area (Å²) < 4.78 is 0.936. The third-order valence-corrected chi connectivity index (χ3v) is 5.88. The zero-order valence-electron chi connectivity index (χ0n) is 10.6. The van der Waals surface area contributed by atoms with Crippen LogP contribution in [0.4, 0.5) is 0 Å². The van der Waals surface area contributed by atoms with Crippen molar-refractivity contribution in [3.63, 3.8) is 0 Å². The van der Waals surface area contributed by atoms with Crippen LogP contribution in [0.3, 0.4) is 0 Å². The Morgan fingerprint density at radius 2 is 2.06 bits per heavy atom. The second kappa shape index (κ2) is 5.17. The van der Waals surface area contributed by atoms with Crippen molar-refractivity contribution in [2.75, 3.05) is 0 Å². The number of carbonyl (C=O) groups is 2. The lowest BCUT2D eigenvalue weighted by Crippen LogP contribution is -2.38. The third-order valence-electron chi connectivity index (χ3n) is 3.19. The molecule has 0 aliphatic carbocycles. The van der Waals surface area contributed by atoms with E-state index in [9.17, 15) is 9.59 Å². The Morgan fingerprint density at radius 3 is 2.61 bits per heavy atom. The lowest BCUT2D eigenvalue weighted by atomic mass is 9.86. The fraction of sp³-hybridized carbons (Fsp3) is 0.429. The first-order chi connectivity index (χ1) is 8.43. The normalized spacial score (nSPS) is 23.1. The number of hydrogen-bond acceptors (Lipinski definition) is 3. The van der Waals surface area contributed by atoms with Crippen molar-refractivity contribution in [1.82, 2.24) is 0 Å². The highest BCUT2D eigenvalue weighted by Crippen LogP contribution is 2.45. The number of carbonyl (C=O) groups excluding carboxylic acids is 2. The summed E-state index contributed by atoms with van der Waals surface area (Å²) in [6.45, 7) is 5.63. The predicted octanol–water partition coefficient (Wildman–Crippen LogP) is 3.97. The molecule has 1 aliphatic rings. The monoisotopic (exact) mass is 326 g/mol. The Kier molecular flexibility index (Phi) is 3.97. The number of halogens is 1. The standard InChI is InChI=1S/C14H15BrO2S/c1-7(2)13-11(8(3)16)12(17)9-5-4-6-10(15)14(9)18-13/h4-7,11,13H,1-3H3. The molecule has 2 nitrogen and oxygen atoms in total. The number of benzene rings is 1. The molecule has 0 fully saturated rings. The van der Waals surface area contributed by atoms with Crippen LogP contribution in [-0.4, -0.2) is 16.8 Å². The Hall–Kier alpha value is -0.610. The van der Waals surface area contributed by atoms with Crippen LogP contribution in [0, 0.1) is 11.8 Å². The molecule has 2 atom stereocenters. The molecule has 1 aromatic rings. The van der Waals surface area contributed by atoms with Gasteiger partial charge in [0.1, 0.15) is 5.78 Å². The molecule has 2 unspecified atom stereocenters. The van der Waals surface area contributed by atoms with Crippen LogP contribution in [0.25, 0.3) is 0 Å². The molecule has 0 N–H and O–H groups in total. The number of ketones is 2. The van der Waals surface area contributed by atoms with Gasteiger partial charge in [-0.2, -0.15) is 0 Å². The maximum Gasteiger partial charge on any atom is 0.175 e. The van der Waals surface area contributed by atoms with E-state index in [2.05, 4.69) is 29.8 Å². The van der Waals surface area contributed by atoms with E-state index in [1.165, 1.54) is 6.92 Å². The van der Waals surface area contributed by atoms with Crippen LogP contribution in [0.2, 0.25) is 0 Å². The van der Waals surface area contributed by atoms with E-state index < -0.39 is 5.92 Å². The number of thioether (sulfide) groups is 1. The van der Waals surface area contributed by atoms with Crippen LogP contribution >= 0.6 is 27.7 Å². The Morgan fingerprint density at radius 1 is 1.39 bits per heavy atom. The topological polar surface area (TPSA) is 34.1 Å². The van der Waals surface area contributed by atoms with Crippen LogP contribution in [0.5, 0.6) is 0 Å². The fourth-order valence-corrected chi connectivity index (χ4v) is 4.40. The van der Waals surface area contributed by atoms with Crippen molar-refractivity contribution >= 4 is 39.3 Å². The van der Waals surface area contributed by atoms with Crippen LogP contribution < -0.4 is 0 Å². The van der Waals surface area contributed by atoms with Crippen molar-refractivity contribution in [1.29, 1.82) is 0 Å². The highest BCUT2D eigenvalue weighted by atomic mass is 79.9. The minimum Gasteiger partial charge on any atom is -0.299 e. The van der Waals surface area contributed by atoms with Gasteiger partial charge in [-0.05, 0) is 34.8 Å². The van der Waals surface area contributed by atoms with Crippen LogP contribution in [-0.2, 0) is 4.79 Å². The van der Waals surface area contributed by atoms with Gasteiger partial charge in [-0.15, -0.1) is 11.8 Å². The van der Waals surface area contributed by atoms with Crippen molar-refractivity contribution in [2.24, 2.45) is 11.8 Å². The Labute approximate surface area is 120 Å². The van der Waals surface area contributed by atoms with E-state index in [-0.39, 0.29) is 22.7 Å². The first-order valence-electron chi connectivity index (χ1n) is 5.93. The summed E-state index contributed by atoms with van der Waals surface area (Å²) in [4.78, 5) is 25.2. The number of hydrogen-bond donors (Lipinski definition) is 0. The summed E-state index contributed by atoms with van der Waals surface area (Å²) in [5.41, 5.74) is 0.673. The SMILES string of the molecule is CC(=O)C1C(=O)c2cccc(Br)c2SC1C(C)C. The van der Waals surface area contributed by atoms with Gasteiger partial charge in [0.2, 0.25) is 0 Å². The van der Waals surface area contributed by atoms with E-state index in [0.717, 1.165) is 9.37 Å². The Balaban J connectivity index is 2.54. The minimum atomic E-state index is -0.503. The van der Waals surface area contributed by atoms with Gasteiger partial charge in [0.05, 0.1) is 5.92 Å². The highest BCUT2D eigenvalue weighted by Gasteiger charge is 2.41. The Bertz CT molecular complexity index is 511. The van der Waals surface area contributed by atoms with Crippen molar-refractivity contribution in [3.8, 4) is 0 Å². The zero-order valence-corrected chi connectivity index (χ0v) is 13.0. The van der Waals surface area contributed by atoms with Gasteiger partial charge in [0.15, 0.2) is 5.78 Å². The summed E-state index contributed by atoms with van der Waals surface area (Å²) in [6.07, 6.45) is 0. The molecule has 1 aromatic carbocycles. The molecule has 1 aliphatic heterocycles. The summed E-state index contributed by atoms with van der Waals surface area (Å²) >= 11 is 5.13. The first-order valence-corrected chi connectivity index (χ1v) is 7.60. The number of Topliss-reactive ketones (excluding diaryl/α,β-unsaturated/α-hetero) is 2. The van der Waals surface area contributed by atoms with Crippen molar-refractivity contribution < 1.29 is 9.59 Å². The van der Waals surface area contributed by atoms with Gasteiger partial charge in [-0.1, -0.05) is 26.0 Å². The molecule has 0 radical (unpaired) electrons. The maximum atomic E-state index is 12.5. The molecular weight excluding hydrogens is 312 g/mol. The fourth-order valence-electron chi connectivity index (χ4n) is 2.28. The lowest BCUT2D eigenvalue weighted by Gasteiger charge is -2.32. The molecule has 4 heteroatoms. The highest BCUT2D eigenvalue weighted by molar-refractivity contribution is 9.10. The van der Waals surface area contributed by atoms with E-state index in [0.29, 0.717) is 5.56 Å². The second-order valence-electron chi connectivity index (χ2n) is 4.90. The second-order valence-corrected chi connectivity index (χ2v) is 6.94. The zero-order chi connectivity index (χ0) is 13.4.